The zero-order valence-corrected chi connectivity index (χ0v) is 12.2. The second-order valence-electron chi connectivity index (χ2n) is 4.40. The number of nitrogens with one attached hydrogen (secondary N) is 1. The summed E-state index contributed by atoms with van der Waals surface area (Å²) >= 11 is 6.02. The molecule has 0 fully saturated rings. The van der Waals surface area contributed by atoms with E-state index < -0.39 is 10.0 Å². The topological polar surface area (TPSA) is 46.2 Å². The number of aryl methyl sites for hydroxylation is 2. The Hall–Kier alpha value is -1.52. The molecule has 0 heterocycles. The van der Waals surface area contributed by atoms with Crippen molar-refractivity contribution < 1.29 is 8.42 Å². The zero-order valence-electron chi connectivity index (χ0n) is 10.6. The molecule has 2 rings (SSSR count). The lowest BCUT2D eigenvalue weighted by molar-refractivity contribution is 0.601. The third-order valence-electron chi connectivity index (χ3n) is 2.70. The minimum absolute atomic E-state index is 0.217. The molecule has 0 spiro atoms. The molecule has 5 heteroatoms. The number of sulfonamides is 1. The lowest BCUT2D eigenvalue weighted by Gasteiger charge is -2.10. The van der Waals surface area contributed by atoms with Gasteiger partial charge in [0, 0.05) is 0 Å². The molecule has 0 aliphatic rings. The van der Waals surface area contributed by atoms with Crippen LogP contribution in [0.5, 0.6) is 0 Å². The summed E-state index contributed by atoms with van der Waals surface area (Å²) in [4.78, 5) is 0.217. The van der Waals surface area contributed by atoms with E-state index in [9.17, 15) is 8.42 Å². The van der Waals surface area contributed by atoms with Gasteiger partial charge in [0.05, 0.1) is 15.6 Å². The fraction of sp³-hybridized carbons (Fsp3) is 0.143. The van der Waals surface area contributed by atoms with Crippen LogP contribution in [0.3, 0.4) is 0 Å². The Bertz CT molecular complexity index is 694. The molecular formula is C14H14ClNO2S. The number of hydrogen-bond acceptors (Lipinski definition) is 2. The van der Waals surface area contributed by atoms with Gasteiger partial charge in [-0.05, 0) is 43.7 Å². The van der Waals surface area contributed by atoms with E-state index in [1.807, 2.05) is 13.8 Å². The highest BCUT2D eigenvalue weighted by Gasteiger charge is 2.15. The van der Waals surface area contributed by atoms with E-state index in [2.05, 4.69) is 4.72 Å². The molecule has 0 saturated carbocycles. The molecule has 2 aromatic rings. The first-order valence-electron chi connectivity index (χ1n) is 5.74. The molecule has 0 radical (unpaired) electrons. The van der Waals surface area contributed by atoms with Gasteiger partial charge >= 0.3 is 0 Å². The highest BCUT2D eigenvalue weighted by atomic mass is 35.5. The summed E-state index contributed by atoms with van der Waals surface area (Å²) in [5.41, 5.74) is 2.36. The van der Waals surface area contributed by atoms with Crippen molar-refractivity contribution in [1.29, 1.82) is 0 Å². The van der Waals surface area contributed by atoms with Crippen LogP contribution in [0.15, 0.2) is 47.4 Å². The average Bonchev–Trinajstić information content (AvgIpc) is 2.33. The molecule has 0 saturated heterocycles. The van der Waals surface area contributed by atoms with Gasteiger partial charge in [-0.25, -0.2) is 8.42 Å². The highest BCUT2D eigenvalue weighted by Crippen LogP contribution is 2.25. The van der Waals surface area contributed by atoms with E-state index in [4.69, 9.17) is 11.6 Å². The molecule has 0 atom stereocenters. The summed E-state index contributed by atoms with van der Waals surface area (Å²) in [7, 11) is -3.60. The van der Waals surface area contributed by atoms with Crippen molar-refractivity contribution >= 4 is 27.3 Å². The van der Waals surface area contributed by atoms with E-state index in [1.54, 1.807) is 42.5 Å². The van der Waals surface area contributed by atoms with Gasteiger partial charge in [0.1, 0.15) is 0 Å². The first-order valence-corrected chi connectivity index (χ1v) is 7.60. The first-order chi connectivity index (χ1) is 8.88. The second kappa shape index (κ2) is 5.23. The molecule has 2 aromatic carbocycles. The van der Waals surface area contributed by atoms with E-state index in [0.717, 1.165) is 11.1 Å². The molecule has 1 N–H and O–H groups in total. The number of rotatable bonds is 3. The van der Waals surface area contributed by atoms with Crippen molar-refractivity contribution in [3.63, 3.8) is 0 Å². The largest absolute Gasteiger partial charge is 0.278 e. The van der Waals surface area contributed by atoms with E-state index in [-0.39, 0.29) is 4.90 Å². The van der Waals surface area contributed by atoms with E-state index in [0.29, 0.717) is 10.7 Å². The van der Waals surface area contributed by atoms with Crippen molar-refractivity contribution in [2.24, 2.45) is 0 Å². The lowest BCUT2D eigenvalue weighted by atomic mass is 10.2. The van der Waals surface area contributed by atoms with Gasteiger partial charge in [0.15, 0.2) is 0 Å². The molecule has 0 aliphatic heterocycles. The van der Waals surface area contributed by atoms with Crippen LogP contribution in [0.2, 0.25) is 5.02 Å². The molecule has 19 heavy (non-hydrogen) atoms. The summed E-state index contributed by atoms with van der Waals surface area (Å²) in [6, 6.07) is 11.8. The van der Waals surface area contributed by atoms with Gasteiger partial charge in [-0.15, -0.1) is 0 Å². The maximum absolute atomic E-state index is 12.2. The highest BCUT2D eigenvalue weighted by molar-refractivity contribution is 7.92. The van der Waals surface area contributed by atoms with E-state index in [1.165, 1.54) is 0 Å². The molecule has 100 valence electrons. The number of halogens is 1. The Balaban J connectivity index is 2.33. The Labute approximate surface area is 118 Å². The fourth-order valence-electron chi connectivity index (χ4n) is 1.62. The molecule has 3 nitrogen and oxygen atoms in total. The molecule has 0 amide bonds. The Morgan fingerprint density at radius 3 is 2.11 bits per heavy atom. The normalized spacial score (nSPS) is 11.3. The van der Waals surface area contributed by atoms with Crippen LogP contribution in [0, 0.1) is 13.8 Å². The molecule has 0 aliphatic carbocycles. The molecule has 0 unspecified atom stereocenters. The third-order valence-corrected chi connectivity index (χ3v) is 4.39. The minimum atomic E-state index is -3.60. The van der Waals surface area contributed by atoms with Crippen molar-refractivity contribution in [2.45, 2.75) is 18.7 Å². The maximum atomic E-state index is 12.2. The zero-order chi connectivity index (χ0) is 14.0. The summed E-state index contributed by atoms with van der Waals surface area (Å²) in [5.74, 6) is 0. The molecule has 0 bridgehead atoms. The minimum Gasteiger partial charge on any atom is -0.278 e. The third kappa shape index (κ3) is 3.28. The van der Waals surface area contributed by atoms with Gasteiger partial charge in [-0.3, -0.25) is 4.72 Å². The first kappa shape index (κ1) is 13.9. The fourth-order valence-corrected chi connectivity index (χ4v) is 3.04. The van der Waals surface area contributed by atoms with Crippen LogP contribution in [-0.4, -0.2) is 8.42 Å². The predicted molar refractivity (Wildman–Crippen MR) is 78.2 cm³/mol. The van der Waals surface area contributed by atoms with Crippen LogP contribution in [0.25, 0.3) is 0 Å². The number of hydrogen-bond donors (Lipinski definition) is 1. The van der Waals surface area contributed by atoms with Gasteiger partial charge < -0.3 is 0 Å². The predicted octanol–water partition coefficient (Wildman–Crippen LogP) is 3.76. The SMILES string of the molecule is Cc1ccc(S(=O)(=O)Nc2ccc(C)cc2Cl)cc1. The van der Waals surface area contributed by atoms with Crippen molar-refractivity contribution in [3.8, 4) is 0 Å². The Kier molecular flexibility index (Phi) is 3.83. The monoisotopic (exact) mass is 295 g/mol. The Morgan fingerprint density at radius 1 is 0.947 bits per heavy atom. The second-order valence-corrected chi connectivity index (χ2v) is 6.49. The van der Waals surface area contributed by atoms with Crippen LogP contribution in [0.1, 0.15) is 11.1 Å². The lowest BCUT2D eigenvalue weighted by Crippen LogP contribution is -2.13. The Morgan fingerprint density at radius 2 is 1.53 bits per heavy atom. The van der Waals surface area contributed by atoms with Crippen LogP contribution >= 0.6 is 11.6 Å². The summed E-state index contributed by atoms with van der Waals surface area (Å²) in [6.45, 7) is 3.80. The maximum Gasteiger partial charge on any atom is 0.261 e. The van der Waals surface area contributed by atoms with Crippen LogP contribution < -0.4 is 4.72 Å². The number of anilines is 1. The van der Waals surface area contributed by atoms with Crippen molar-refractivity contribution in [2.75, 3.05) is 4.72 Å². The number of benzene rings is 2. The standard InChI is InChI=1S/C14H14ClNO2S/c1-10-3-6-12(7-4-10)19(17,18)16-14-8-5-11(2)9-13(14)15/h3-9,16H,1-2H3. The average molecular weight is 296 g/mol. The van der Waals surface area contributed by atoms with Gasteiger partial charge in [0.2, 0.25) is 0 Å². The summed E-state index contributed by atoms with van der Waals surface area (Å²) in [6.07, 6.45) is 0. The van der Waals surface area contributed by atoms with Gasteiger partial charge in [-0.2, -0.15) is 0 Å². The van der Waals surface area contributed by atoms with Gasteiger partial charge in [0.25, 0.3) is 10.0 Å². The van der Waals surface area contributed by atoms with Crippen LogP contribution in [-0.2, 0) is 10.0 Å². The molecular weight excluding hydrogens is 282 g/mol. The van der Waals surface area contributed by atoms with Crippen molar-refractivity contribution in [1.82, 2.24) is 0 Å². The summed E-state index contributed by atoms with van der Waals surface area (Å²) < 4.78 is 26.9. The van der Waals surface area contributed by atoms with E-state index >= 15 is 0 Å². The molecule has 0 aromatic heterocycles. The van der Waals surface area contributed by atoms with Crippen molar-refractivity contribution in [3.05, 3.63) is 58.6 Å². The summed E-state index contributed by atoms with van der Waals surface area (Å²) in [5, 5.41) is 0.385. The quantitative estimate of drug-likeness (QED) is 0.937. The smallest absolute Gasteiger partial charge is 0.261 e. The van der Waals surface area contributed by atoms with Gasteiger partial charge in [-0.1, -0.05) is 35.4 Å². The van der Waals surface area contributed by atoms with Crippen LogP contribution in [0.4, 0.5) is 5.69 Å².